The molecule has 1 fully saturated rings. The van der Waals surface area contributed by atoms with Gasteiger partial charge in [0.2, 0.25) is 5.91 Å². The van der Waals surface area contributed by atoms with Crippen LogP contribution in [0, 0.1) is 0 Å². The van der Waals surface area contributed by atoms with Crippen LogP contribution in [-0.4, -0.2) is 73.5 Å². The number of carbonyl (C=O) groups excluding carboxylic acids is 5. The highest BCUT2D eigenvalue weighted by atomic mass is 16.7. The third kappa shape index (κ3) is 8.16. The highest BCUT2D eigenvalue weighted by Gasteiger charge is 2.51. The molecule has 164 valence electrons. The maximum absolute atomic E-state index is 11.7. The van der Waals surface area contributed by atoms with Crippen LogP contribution < -0.4 is 5.32 Å². The molecule has 1 aliphatic rings. The number of ether oxygens (including phenoxy) is 5. The van der Waals surface area contributed by atoms with E-state index in [4.69, 9.17) is 23.7 Å². The van der Waals surface area contributed by atoms with Crippen LogP contribution in [-0.2, 0) is 47.7 Å². The normalized spacial score (nSPS) is 26.2. The molecule has 1 N–H and O–H groups in total. The third-order valence-electron chi connectivity index (χ3n) is 3.87. The van der Waals surface area contributed by atoms with Crippen molar-refractivity contribution in [1.82, 2.24) is 5.32 Å². The highest BCUT2D eigenvalue weighted by molar-refractivity contribution is 5.79. The number of carbonyl (C=O) groups is 5. The van der Waals surface area contributed by atoms with Gasteiger partial charge < -0.3 is 29.0 Å². The predicted molar refractivity (Wildman–Crippen MR) is 95.3 cm³/mol. The van der Waals surface area contributed by atoms with Gasteiger partial charge in [0, 0.05) is 34.1 Å². The molecule has 0 bridgehead atoms. The Morgan fingerprint density at radius 3 is 1.97 bits per heavy atom. The smallest absolute Gasteiger partial charge is 0.303 e. The molecule has 1 heterocycles. The first kappa shape index (κ1) is 24.5. The fourth-order valence-electron chi connectivity index (χ4n) is 2.71. The summed E-state index contributed by atoms with van der Waals surface area (Å²) in [6.07, 6.45) is -4.49. The number of rotatable bonds is 9. The molecule has 0 saturated carbocycles. The molecule has 1 amide bonds. The number of Topliss-reactive ketones (excluding diaryl/α,β-unsaturated/α-hetero) is 1. The molecule has 29 heavy (non-hydrogen) atoms. The Morgan fingerprint density at radius 1 is 0.897 bits per heavy atom. The summed E-state index contributed by atoms with van der Waals surface area (Å²) in [7, 11) is 0. The average Bonchev–Trinajstić information content (AvgIpc) is 2.60. The molecular formula is C18H27NO10. The number of esters is 3. The van der Waals surface area contributed by atoms with Crippen LogP contribution in [0.1, 0.15) is 41.0 Å². The lowest BCUT2D eigenvalue weighted by Gasteiger charge is -2.44. The van der Waals surface area contributed by atoms with Crippen LogP contribution in [0.5, 0.6) is 0 Å². The first-order valence-corrected chi connectivity index (χ1v) is 9.08. The zero-order chi connectivity index (χ0) is 22.1. The molecule has 0 spiro atoms. The summed E-state index contributed by atoms with van der Waals surface area (Å²) in [6, 6.07) is -1.08. The van der Waals surface area contributed by atoms with Gasteiger partial charge in [-0.2, -0.15) is 0 Å². The summed E-state index contributed by atoms with van der Waals surface area (Å²) >= 11 is 0. The lowest BCUT2D eigenvalue weighted by Crippen LogP contribution is -2.66. The molecule has 1 aliphatic heterocycles. The Morgan fingerprint density at radius 2 is 1.48 bits per heavy atom. The summed E-state index contributed by atoms with van der Waals surface area (Å²) in [6.45, 7) is 5.70. The van der Waals surface area contributed by atoms with Gasteiger partial charge in [-0.3, -0.25) is 24.0 Å². The monoisotopic (exact) mass is 417 g/mol. The summed E-state index contributed by atoms with van der Waals surface area (Å²) in [4.78, 5) is 57.8. The maximum atomic E-state index is 11.7. The van der Waals surface area contributed by atoms with Crippen molar-refractivity contribution in [3.05, 3.63) is 0 Å². The minimum atomic E-state index is -1.23. The lowest BCUT2D eigenvalue weighted by atomic mass is 9.96. The van der Waals surface area contributed by atoms with Crippen molar-refractivity contribution in [1.29, 1.82) is 0 Å². The van der Waals surface area contributed by atoms with E-state index in [1.54, 1.807) is 6.92 Å². The Kier molecular flexibility index (Phi) is 9.69. The average molecular weight is 417 g/mol. The van der Waals surface area contributed by atoms with E-state index in [0.29, 0.717) is 0 Å². The maximum Gasteiger partial charge on any atom is 0.303 e. The molecular weight excluding hydrogens is 390 g/mol. The van der Waals surface area contributed by atoms with E-state index < -0.39 is 54.5 Å². The van der Waals surface area contributed by atoms with Gasteiger partial charge in [0.15, 0.2) is 24.3 Å². The SMILES string of the molecule is CCC(=O)COC1OC(COC(C)=O)C(OC(C)=O)C(OC(C)=O)C1NC(C)=O. The van der Waals surface area contributed by atoms with Crippen LogP contribution in [0.2, 0.25) is 0 Å². The van der Waals surface area contributed by atoms with E-state index >= 15 is 0 Å². The first-order valence-electron chi connectivity index (χ1n) is 9.08. The van der Waals surface area contributed by atoms with Crippen LogP contribution in [0.3, 0.4) is 0 Å². The quantitative estimate of drug-likeness (QED) is 0.390. The van der Waals surface area contributed by atoms with Crippen LogP contribution >= 0.6 is 0 Å². The zero-order valence-corrected chi connectivity index (χ0v) is 17.1. The Bertz CT molecular complexity index is 634. The van der Waals surface area contributed by atoms with Crippen molar-refractivity contribution in [3.63, 3.8) is 0 Å². The number of hydrogen-bond donors (Lipinski definition) is 1. The summed E-state index contributed by atoms with van der Waals surface area (Å²) in [5.74, 6) is -2.74. The molecule has 0 aromatic heterocycles. The van der Waals surface area contributed by atoms with E-state index in [1.807, 2.05) is 0 Å². The lowest BCUT2D eigenvalue weighted by molar-refractivity contribution is -0.276. The van der Waals surface area contributed by atoms with Gasteiger partial charge in [-0.15, -0.1) is 0 Å². The largest absolute Gasteiger partial charge is 0.463 e. The zero-order valence-electron chi connectivity index (χ0n) is 17.1. The molecule has 0 aromatic rings. The second-order valence-corrected chi connectivity index (χ2v) is 6.42. The Labute approximate surface area is 168 Å². The minimum absolute atomic E-state index is 0.220. The number of ketones is 1. The van der Waals surface area contributed by atoms with Crippen molar-refractivity contribution < 1.29 is 47.7 Å². The molecule has 0 aliphatic carbocycles. The predicted octanol–water partition coefficient (Wildman–Crippen LogP) is -0.362. The van der Waals surface area contributed by atoms with Gasteiger partial charge in [0.25, 0.3) is 0 Å². The third-order valence-corrected chi connectivity index (χ3v) is 3.87. The second kappa shape index (κ2) is 11.5. The molecule has 11 nitrogen and oxygen atoms in total. The Balaban J connectivity index is 3.26. The van der Waals surface area contributed by atoms with E-state index in [1.165, 1.54) is 13.8 Å². The van der Waals surface area contributed by atoms with Crippen LogP contribution in [0.25, 0.3) is 0 Å². The number of amides is 1. The van der Waals surface area contributed by atoms with Crippen molar-refractivity contribution in [2.45, 2.75) is 71.7 Å². The van der Waals surface area contributed by atoms with Crippen LogP contribution in [0.15, 0.2) is 0 Å². The molecule has 1 rings (SSSR count). The molecule has 11 heteroatoms. The number of hydrogen-bond acceptors (Lipinski definition) is 10. The standard InChI is InChI=1S/C18H27NO10/c1-6-13(24)7-26-18-15(19-9(2)20)17(28-12(5)23)16(27-11(4)22)14(29-18)8-25-10(3)21/h14-18H,6-8H2,1-5H3,(H,19,20). The topological polar surface area (TPSA) is 144 Å². The number of nitrogens with one attached hydrogen (secondary N) is 1. The van der Waals surface area contributed by atoms with E-state index in [-0.39, 0.29) is 25.4 Å². The van der Waals surface area contributed by atoms with Gasteiger partial charge >= 0.3 is 17.9 Å². The van der Waals surface area contributed by atoms with E-state index in [0.717, 1.165) is 13.8 Å². The summed E-state index contributed by atoms with van der Waals surface area (Å²) in [5, 5.41) is 2.54. The fraction of sp³-hybridized carbons (Fsp3) is 0.722. The van der Waals surface area contributed by atoms with Crippen molar-refractivity contribution in [2.75, 3.05) is 13.2 Å². The van der Waals surface area contributed by atoms with Crippen LogP contribution in [0.4, 0.5) is 0 Å². The minimum Gasteiger partial charge on any atom is -0.463 e. The molecule has 5 unspecified atom stereocenters. The van der Waals surface area contributed by atoms with Gasteiger partial charge in [-0.05, 0) is 0 Å². The molecule has 5 atom stereocenters. The van der Waals surface area contributed by atoms with Crippen molar-refractivity contribution in [3.8, 4) is 0 Å². The molecule has 0 aromatic carbocycles. The van der Waals surface area contributed by atoms with Crippen molar-refractivity contribution in [2.24, 2.45) is 0 Å². The van der Waals surface area contributed by atoms with Gasteiger partial charge in [0.1, 0.15) is 25.4 Å². The second-order valence-electron chi connectivity index (χ2n) is 6.42. The van der Waals surface area contributed by atoms with Crippen molar-refractivity contribution >= 4 is 29.6 Å². The highest BCUT2D eigenvalue weighted by Crippen LogP contribution is 2.28. The first-order chi connectivity index (χ1) is 13.5. The van der Waals surface area contributed by atoms with E-state index in [2.05, 4.69) is 5.32 Å². The molecule has 1 saturated heterocycles. The Hall–Kier alpha value is -2.53. The summed E-state index contributed by atoms with van der Waals surface area (Å²) in [5.41, 5.74) is 0. The van der Waals surface area contributed by atoms with Gasteiger partial charge in [-0.1, -0.05) is 6.92 Å². The van der Waals surface area contributed by atoms with Gasteiger partial charge in [0.05, 0.1) is 0 Å². The molecule has 0 radical (unpaired) electrons. The van der Waals surface area contributed by atoms with E-state index in [9.17, 15) is 24.0 Å². The van der Waals surface area contributed by atoms with Gasteiger partial charge in [-0.25, -0.2) is 0 Å². The fourth-order valence-corrected chi connectivity index (χ4v) is 2.71. The summed E-state index contributed by atoms with van der Waals surface area (Å²) < 4.78 is 26.7.